The monoisotopic (exact) mass is 456 g/mol. The van der Waals surface area contributed by atoms with Crippen LogP contribution in [0.4, 0.5) is 5.95 Å². The van der Waals surface area contributed by atoms with Crippen molar-refractivity contribution in [3.8, 4) is 0 Å². The summed E-state index contributed by atoms with van der Waals surface area (Å²) in [6.07, 6.45) is 4.34. The van der Waals surface area contributed by atoms with Crippen LogP contribution in [0.15, 0.2) is 28.0 Å². The van der Waals surface area contributed by atoms with Gasteiger partial charge in [-0.2, -0.15) is 26.8 Å². The highest BCUT2D eigenvalue weighted by atomic mass is 32.2. The molecule has 0 unspecified atom stereocenters. The number of anilines is 1. The number of benzene rings is 1. The van der Waals surface area contributed by atoms with E-state index in [0.29, 0.717) is 18.2 Å². The Hall–Kier alpha value is -2.15. The van der Waals surface area contributed by atoms with Gasteiger partial charge in [0.05, 0.1) is 9.79 Å². The van der Waals surface area contributed by atoms with Gasteiger partial charge in [-0.15, -0.1) is 0 Å². The predicted molar refractivity (Wildman–Crippen MR) is 109 cm³/mol. The van der Waals surface area contributed by atoms with Gasteiger partial charge in [0.1, 0.15) is 11.6 Å². The number of unbranched alkanes of at least 4 members (excludes halogenated alkanes) is 1. The topological polar surface area (TPSA) is 151 Å². The Morgan fingerprint density at radius 3 is 2.23 bits per heavy atom. The Morgan fingerprint density at radius 2 is 1.63 bits per heavy atom. The number of rotatable bonds is 8. The summed E-state index contributed by atoms with van der Waals surface area (Å²) in [4.78, 5) is 14.5. The molecule has 164 valence electrons. The van der Waals surface area contributed by atoms with E-state index in [4.69, 9.17) is 0 Å². The summed E-state index contributed by atoms with van der Waals surface area (Å²) in [5, 5.41) is 0. The zero-order valence-electron chi connectivity index (χ0n) is 16.5. The summed E-state index contributed by atoms with van der Waals surface area (Å²) < 4.78 is 65.4. The molecule has 30 heavy (non-hydrogen) atoms. The van der Waals surface area contributed by atoms with Crippen molar-refractivity contribution < 1.29 is 25.9 Å². The summed E-state index contributed by atoms with van der Waals surface area (Å²) in [6.45, 7) is 3.67. The Labute approximate surface area is 175 Å². The fraction of sp³-hybridized carbons (Fsp3) is 0.500. The van der Waals surface area contributed by atoms with Crippen LogP contribution in [0.2, 0.25) is 0 Å². The molecule has 1 aromatic heterocycles. The Balaban J connectivity index is 2.06. The van der Waals surface area contributed by atoms with E-state index >= 15 is 0 Å². The van der Waals surface area contributed by atoms with E-state index in [0.717, 1.165) is 57.0 Å². The molecule has 1 fully saturated rings. The Bertz CT molecular complexity index is 1130. The molecule has 10 nitrogen and oxygen atoms in total. The van der Waals surface area contributed by atoms with Crippen LogP contribution in [0.5, 0.6) is 0 Å². The largest absolute Gasteiger partial charge is 0.341 e. The standard InChI is InChI=1S/C18H24N4O6S2/c1-2-3-6-16-19-17(21-18(20-16)22-9-4-5-10-22)12-13-11-14(29(23,24)25)7-8-15(13)30(26,27)28/h7-8,11H,2-6,9-10,12H2,1H3,(H,23,24,25)(H,26,27,28). The van der Waals surface area contributed by atoms with Crippen LogP contribution in [0.25, 0.3) is 0 Å². The summed E-state index contributed by atoms with van der Waals surface area (Å²) in [7, 11) is -9.18. The Kier molecular flexibility index (Phi) is 6.70. The number of aryl methyl sites for hydroxylation is 1. The van der Waals surface area contributed by atoms with E-state index in [1.54, 1.807) is 0 Å². The minimum absolute atomic E-state index is 0.0346. The quantitative estimate of drug-likeness (QED) is 0.563. The predicted octanol–water partition coefficient (Wildman–Crippen LogP) is 1.90. The van der Waals surface area contributed by atoms with Gasteiger partial charge in [0.2, 0.25) is 5.95 Å². The normalized spacial score (nSPS) is 15.0. The first kappa shape index (κ1) is 22.5. The van der Waals surface area contributed by atoms with E-state index in [1.165, 1.54) is 0 Å². The average Bonchev–Trinajstić information content (AvgIpc) is 3.19. The summed E-state index contributed by atoms with van der Waals surface area (Å²) in [6, 6.07) is 2.86. The number of hydrogen-bond acceptors (Lipinski definition) is 8. The van der Waals surface area contributed by atoms with Crippen molar-refractivity contribution in [2.24, 2.45) is 0 Å². The SMILES string of the molecule is CCCCc1nc(Cc2cc(S(=O)(=O)O)ccc2S(=O)(=O)O)nc(N2CCCC2)n1. The molecule has 2 N–H and O–H groups in total. The van der Waals surface area contributed by atoms with Crippen LogP contribution in [0, 0.1) is 0 Å². The molecular formula is C18H24N4O6S2. The molecule has 12 heteroatoms. The van der Waals surface area contributed by atoms with E-state index in [2.05, 4.69) is 15.0 Å². The minimum Gasteiger partial charge on any atom is -0.341 e. The molecule has 0 aliphatic carbocycles. The van der Waals surface area contributed by atoms with Crippen molar-refractivity contribution in [1.29, 1.82) is 0 Å². The average molecular weight is 457 g/mol. The molecule has 1 aliphatic heterocycles. The van der Waals surface area contributed by atoms with E-state index in [-0.39, 0.29) is 17.8 Å². The Morgan fingerprint density at radius 1 is 0.967 bits per heavy atom. The summed E-state index contributed by atoms with van der Waals surface area (Å²) >= 11 is 0. The lowest BCUT2D eigenvalue weighted by atomic mass is 10.1. The van der Waals surface area contributed by atoms with Gasteiger partial charge in [-0.3, -0.25) is 9.11 Å². The van der Waals surface area contributed by atoms with Crippen LogP contribution in [0.1, 0.15) is 49.8 Å². The van der Waals surface area contributed by atoms with Crippen molar-refractivity contribution in [3.63, 3.8) is 0 Å². The van der Waals surface area contributed by atoms with Crippen LogP contribution in [-0.4, -0.2) is 54.0 Å². The second kappa shape index (κ2) is 8.92. The molecule has 0 amide bonds. The first-order chi connectivity index (χ1) is 14.1. The van der Waals surface area contributed by atoms with Crippen LogP contribution in [-0.2, 0) is 33.1 Å². The van der Waals surface area contributed by atoms with E-state index in [9.17, 15) is 25.9 Å². The maximum absolute atomic E-state index is 11.8. The zero-order chi connectivity index (χ0) is 21.9. The van der Waals surface area contributed by atoms with Gasteiger partial charge in [-0.25, -0.2) is 4.98 Å². The van der Waals surface area contributed by atoms with Crippen molar-refractivity contribution >= 4 is 26.2 Å². The number of nitrogens with zero attached hydrogens (tertiary/aromatic N) is 4. The van der Waals surface area contributed by atoms with Crippen LogP contribution in [0.3, 0.4) is 0 Å². The van der Waals surface area contributed by atoms with Crippen LogP contribution >= 0.6 is 0 Å². The molecule has 1 aromatic carbocycles. The van der Waals surface area contributed by atoms with Gasteiger partial charge in [0.25, 0.3) is 20.2 Å². The van der Waals surface area contributed by atoms with Gasteiger partial charge in [0, 0.05) is 25.9 Å². The molecule has 1 saturated heterocycles. The maximum atomic E-state index is 11.8. The highest BCUT2D eigenvalue weighted by Crippen LogP contribution is 2.23. The first-order valence-electron chi connectivity index (χ1n) is 9.64. The smallest absolute Gasteiger partial charge is 0.294 e. The zero-order valence-corrected chi connectivity index (χ0v) is 18.2. The fourth-order valence-electron chi connectivity index (χ4n) is 3.32. The van der Waals surface area contributed by atoms with Gasteiger partial charge in [0.15, 0.2) is 0 Å². The lowest BCUT2D eigenvalue weighted by molar-refractivity contribution is 0.477. The van der Waals surface area contributed by atoms with Gasteiger partial charge < -0.3 is 4.90 Å². The highest BCUT2D eigenvalue weighted by molar-refractivity contribution is 7.86. The number of hydrogen-bond donors (Lipinski definition) is 2. The lowest BCUT2D eigenvalue weighted by Crippen LogP contribution is -2.22. The van der Waals surface area contributed by atoms with E-state index in [1.807, 2.05) is 11.8 Å². The molecule has 0 radical (unpaired) electrons. The molecule has 0 saturated carbocycles. The van der Waals surface area contributed by atoms with Crippen molar-refractivity contribution in [3.05, 3.63) is 35.4 Å². The summed E-state index contributed by atoms with van der Waals surface area (Å²) in [5.41, 5.74) is -0.0346. The molecule has 2 aromatic rings. The molecule has 0 spiro atoms. The van der Waals surface area contributed by atoms with Gasteiger partial charge in [-0.05, 0) is 43.0 Å². The molecule has 3 rings (SSSR count). The lowest BCUT2D eigenvalue weighted by Gasteiger charge is -2.17. The maximum Gasteiger partial charge on any atom is 0.294 e. The highest BCUT2D eigenvalue weighted by Gasteiger charge is 2.22. The minimum atomic E-state index is -4.62. The van der Waals surface area contributed by atoms with Gasteiger partial charge in [-0.1, -0.05) is 13.3 Å². The van der Waals surface area contributed by atoms with Crippen LogP contribution < -0.4 is 4.90 Å². The first-order valence-corrected chi connectivity index (χ1v) is 12.5. The van der Waals surface area contributed by atoms with Crippen molar-refractivity contribution in [2.75, 3.05) is 18.0 Å². The molecule has 0 atom stereocenters. The third-order valence-corrected chi connectivity index (χ3v) is 6.62. The second-order valence-corrected chi connectivity index (χ2v) is 9.97. The van der Waals surface area contributed by atoms with Crippen molar-refractivity contribution in [1.82, 2.24) is 15.0 Å². The summed E-state index contributed by atoms with van der Waals surface area (Å²) in [5.74, 6) is 1.33. The van der Waals surface area contributed by atoms with Gasteiger partial charge >= 0.3 is 0 Å². The van der Waals surface area contributed by atoms with Crippen molar-refractivity contribution in [2.45, 2.75) is 55.2 Å². The fourth-order valence-corrected chi connectivity index (χ4v) is 4.55. The second-order valence-electron chi connectivity index (χ2n) is 7.16. The molecule has 1 aliphatic rings. The van der Waals surface area contributed by atoms with E-state index < -0.39 is 30.0 Å². The molecule has 0 bridgehead atoms. The molecule has 2 heterocycles. The molecular weight excluding hydrogens is 432 g/mol. The third kappa shape index (κ3) is 5.50. The third-order valence-electron chi connectivity index (χ3n) is 4.82. The number of aromatic nitrogens is 3.